The minimum atomic E-state index is -0.550. The first kappa shape index (κ1) is 21.3. The first-order valence-corrected chi connectivity index (χ1v) is 11.1. The molecule has 2 fully saturated rings. The van der Waals surface area contributed by atoms with Gasteiger partial charge in [-0.05, 0) is 44.0 Å². The molecule has 1 atom stereocenters. The molecule has 8 nitrogen and oxygen atoms in total. The van der Waals surface area contributed by atoms with E-state index in [1.165, 1.54) is 12.3 Å². The number of ether oxygens (including phenoxy) is 1. The zero-order valence-electron chi connectivity index (χ0n) is 18.3. The maximum absolute atomic E-state index is 13.4. The maximum Gasteiger partial charge on any atom is 0.319 e. The van der Waals surface area contributed by atoms with E-state index >= 15 is 0 Å². The largest absolute Gasteiger partial charge is 0.377 e. The third-order valence-electron chi connectivity index (χ3n) is 5.71. The van der Waals surface area contributed by atoms with Crippen molar-refractivity contribution in [3.63, 3.8) is 0 Å². The summed E-state index contributed by atoms with van der Waals surface area (Å²) >= 11 is 0. The molecule has 2 aliphatic rings. The molecule has 33 heavy (non-hydrogen) atoms. The van der Waals surface area contributed by atoms with Crippen molar-refractivity contribution in [2.75, 3.05) is 30.0 Å². The van der Waals surface area contributed by atoms with E-state index in [4.69, 9.17) is 14.7 Å². The lowest BCUT2D eigenvalue weighted by Gasteiger charge is -2.34. The molecular weight excluding hydrogens is 423 g/mol. The molecule has 9 heteroatoms. The molecule has 0 spiro atoms. The Morgan fingerprint density at radius 3 is 2.61 bits per heavy atom. The number of benzene rings is 1. The molecule has 2 aromatic heterocycles. The zero-order valence-corrected chi connectivity index (χ0v) is 18.3. The van der Waals surface area contributed by atoms with Crippen LogP contribution in [0.4, 0.5) is 20.7 Å². The molecule has 0 unspecified atom stereocenters. The SMILES string of the molecule is C[C@H]1COCCN1c1cc(-c2ccc(NC(=O)NC3CC3)cc2)nc(-c2ccc(F)nc2)n1. The van der Waals surface area contributed by atoms with E-state index in [0.29, 0.717) is 36.3 Å². The van der Waals surface area contributed by atoms with Gasteiger partial charge in [-0.3, -0.25) is 0 Å². The molecule has 1 aromatic carbocycles. The Labute approximate surface area is 191 Å². The Bertz CT molecular complexity index is 1130. The van der Waals surface area contributed by atoms with Gasteiger partial charge in [0.15, 0.2) is 5.82 Å². The van der Waals surface area contributed by atoms with Gasteiger partial charge in [-0.1, -0.05) is 12.1 Å². The molecule has 1 saturated heterocycles. The number of carbonyl (C=O) groups excluding carboxylic acids is 1. The quantitative estimate of drug-likeness (QED) is 0.576. The average molecular weight is 449 g/mol. The van der Waals surface area contributed by atoms with Crippen LogP contribution in [0.3, 0.4) is 0 Å². The number of pyridine rings is 1. The molecule has 170 valence electrons. The van der Waals surface area contributed by atoms with Crippen molar-refractivity contribution in [2.24, 2.45) is 0 Å². The monoisotopic (exact) mass is 448 g/mol. The number of carbonyl (C=O) groups is 1. The average Bonchev–Trinajstić information content (AvgIpc) is 3.64. The Hall–Kier alpha value is -3.59. The summed E-state index contributed by atoms with van der Waals surface area (Å²) in [5, 5.41) is 5.76. The second-order valence-corrected chi connectivity index (χ2v) is 8.37. The van der Waals surface area contributed by atoms with Gasteiger partial charge in [0.05, 0.1) is 24.9 Å². The van der Waals surface area contributed by atoms with Crippen LogP contribution in [-0.4, -0.2) is 52.8 Å². The van der Waals surface area contributed by atoms with E-state index in [2.05, 4.69) is 27.4 Å². The Kier molecular flexibility index (Phi) is 5.87. The van der Waals surface area contributed by atoms with Crippen LogP contribution in [0.15, 0.2) is 48.7 Å². The number of nitrogens with zero attached hydrogens (tertiary/aromatic N) is 4. The lowest BCUT2D eigenvalue weighted by molar-refractivity contribution is 0.0985. The summed E-state index contributed by atoms with van der Waals surface area (Å²) in [5.41, 5.74) is 2.95. The lowest BCUT2D eigenvalue weighted by Crippen LogP contribution is -2.44. The Morgan fingerprint density at radius 1 is 1.12 bits per heavy atom. The third kappa shape index (κ3) is 5.09. The molecule has 1 saturated carbocycles. The topological polar surface area (TPSA) is 92.3 Å². The lowest BCUT2D eigenvalue weighted by atomic mass is 10.1. The molecular formula is C24H25FN6O2. The minimum Gasteiger partial charge on any atom is -0.377 e. The maximum atomic E-state index is 13.4. The van der Waals surface area contributed by atoms with Crippen molar-refractivity contribution in [3.05, 3.63) is 54.6 Å². The fraction of sp³-hybridized carbons (Fsp3) is 0.333. The van der Waals surface area contributed by atoms with Gasteiger partial charge in [0.25, 0.3) is 0 Å². The summed E-state index contributed by atoms with van der Waals surface area (Å²) in [4.78, 5) is 27.4. The van der Waals surface area contributed by atoms with Crippen molar-refractivity contribution >= 4 is 17.5 Å². The molecule has 2 N–H and O–H groups in total. The van der Waals surface area contributed by atoms with Crippen molar-refractivity contribution in [1.82, 2.24) is 20.3 Å². The van der Waals surface area contributed by atoms with Crippen LogP contribution in [0.2, 0.25) is 0 Å². The van der Waals surface area contributed by atoms with Gasteiger partial charge in [-0.15, -0.1) is 0 Å². The minimum absolute atomic E-state index is 0.164. The molecule has 0 radical (unpaired) electrons. The first-order chi connectivity index (χ1) is 16.0. The number of aromatic nitrogens is 3. The fourth-order valence-electron chi connectivity index (χ4n) is 3.74. The van der Waals surface area contributed by atoms with E-state index in [0.717, 1.165) is 36.5 Å². The molecule has 1 aliphatic heterocycles. The highest BCUT2D eigenvalue weighted by Gasteiger charge is 2.24. The smallest absolute Gasteiger partial charge is 0.319 e. The van der Waals surface area contributed by atoms with Gasteiger partial charge in [0.2, 0.25) is 5.95 Å². The summed E-state index contributed by atoms with van der Waals surface area (Å²) in [6.45, 7) is 4.06. The summed E-state index contributed by atoms with van der Waals surface area (Å²) in [6, 6.07) is 12.7. The summed E-state index contributed by atoms with van der Waals surface area (Å²) < 4.78 is 18.9. The summed E-state index contributed by atoms with van der Waals surface area (Å²) in [7, 11) is 0. The van der Waals surface area contributed by atoms with Crippen LogP contribution in [0.1, 0.15) is 19.8 Å². The number of halogens is 1. The van der Waals surface area contributed by atoms with Gasteiger partial charge >= 0.3 is 6.03 Å². The summed E-state index contributed by atoms with van der Waals surface area (Å²) in [5.74, 6) is 0.701. The molecule has 0 bridgehead atoms. The van der Waals surface area contributed by atoms with Crippen molar-refractivity contribution in [3.8, 4) is 22.6 Å². The van der Waals surface area contributed by atoms with Crippen LogP contribution in [-0.2, 0) is 4.74 Å². The van der Waals surface area contributed by atoms with Gasteiger partial charge < -0.3 is 20.3 Å². The van der Waals surface area contributed by atoms with Crippen molar-refractivity contribution < 1.29 is 13.9 Å². The van der Waals surface area contributed by atoms with Crippen LogP contribution in [0.5, 0.6) is 0 Å². The fourth-order valence-corrected chi connectivity index (χ4v) is 3.74. The number of hydrogen-bond acceptors (Lipinski definition) is 6. The van der Waals surface area contributed by atoms with Crippen LogP contribution in [0, 0.1) is 5.95 Å². The van der Waals surface area contributed by atoms with Gasteiger partial charge in [-0.25, -0.2) is 19.7 Å². The van der Waals surface area contributed by atoms with Crippen LogP contribution < -0.4 is 15.5 Å². The van der Waals surface area contributed by atoms with E-state index in [-0.39, 0.29) is 12.1 Å². The van der Waals surface area contributed by atoms with Crippen molar-refractivity contribution in [1.29, 1.82) is 0 Å². The predicted octanol–water partition coefficient (Wildman–Crippen LogP) is 3.85. The predicted molar refractivity (Wildman–Crippen MR) is 123 cm³/mol. The molecule has 1 aliphatic carbocycles. The van der Waals surface area contributed by atoms with E-state index < -0.39 is 5.95 Å². The second-order valence-electron chi connectivity index (χ2n) is 8.37. The van der Waals surface area contributed by atoms with Gasteiger partial charge in [0.1, 0.15) is 5.82 Å². The first-order valence-electron chi connectivity index (χ1n) is 11.1. The third-order valence-corrected chi connectivity index (χ3v) is 5.71. The Morgan fingerprint density at radius 2 is 1.91 bits per heavy atom. The number of morpholine rings is 1. The number of rotatable bonds is 5. The van der Waals surface area contributed by atoms with Crippen LogP contribution >= 0.6 is 0 Å². The number of urea groups is 1. The van der Waals surface area contributed by atoms with Gasteiger partial charge in [-0.2, -0.15) is 4.39 Å². The zero-order chi connectivity index (χ0) is 22.8. The number of anilines is 2. The van der Waals surface area contributed by atoms with Crippen molar-refractivity contribution in [2.45, 2.75) is 31.8 Å². The highest BCUT2D eigenvalue weighted by molar-refractivity contribution is 5.90. The summed E-state index contributed by atoms with van der Waals surface area (Å²) in [6.07, 6.45) is 3.51. The Balaban J connectivity index is 1.46. The molecule has 3 heterocycles. The molecule has 5 rings (SSSR count). The second kappa shape index (κ2) is 9.11. The number of amides is 2. The van der Waals surface area contributed by atoms with E-state index in [9.17, 15) is 9.18 Å². The van der Waals surface area contributed by atoms with Crippen LogP contribution in [0.25, 0.3) is 22.6 Å². The van der Waals surface area contributed by atoms with E-state index in [1.807, 2.05) is 30.3 Å². The highest BCUT2D eigenvalue weighted by Crippen LogP contribution is 2.28. The molecule has 3 aromatic rings. The highest BCUT2D eigenvalue weighted by atomic mass is 19.1. The normalized spacial score (nSPS) is 18.1. The standard InChI is InChI=1S/C24H25FN6O2/c1-15-14-33-11-10-31(15)22-12-20(29-23(30-22)17-4-9-21(25)26-13-17)16-2-5-18(6-3-16)27-24(32)28-19-7-8-19/h2-6,9,12-13,15,19H,7-8,10-11,14H2,1H3,(H2,27,28,32)/t15-/m0/s1. The number of nitrogens with one attached hydrogen (secondary N) is 2. The molecule has 2 amide bonds. The number of hydrogen-bond donors (Lipinski definition) is 2. The van der Waals surface area contributed by atoms with Gasteiger partial charge in [0, 0.05) is 41.7 Å². The van der Waals surface area contributed by atoms with E-state index in [1.54, 1.807) is 6.07 Å².